The van der Waals surface area contributed by atoms with Gasteiger partial charge in [-0.2, -0.15) is 9.97 Å². The maximum Gasteiger partial charge on any atom is 0.318 e. The van der Waals surface area contributed by atoms with Crippen molar-refractivity contribution >= 4 is 27.5 Å². The molecule has 2 aromatic carbocycles. The second-order valence-electron chi connectivity index (χ2n) is 7.31. The Bertz CT molecular complexity index is 1340. The van der Waals surface area contributed by atoms with Crippen molar-refractivity contribution in [3.63, 3.8) is 0 Å². The van der Waals surface area contributed by atoms with Crippen molar-refractivity contribution in [2.75, 3.05) is 38.2 Å². The number of hydrogen-bond donors (Lipinski definition) is 1. The predicted molar refractivity (Wildman–Crippen MR) is 120 cm³/mol. The van der Waals surface area contributed by atoms with Gasteiger partial charge in [0.05, 0.1) is 12.5 Å². The van der Waals surface area contributed by atoms with E-state index in [0.717, 1.165) is 37.0 Å². The highest BCUT2D eigenvalue weighted by molar-refractivity contribution is 6.01. The van der Waals surface area contributed by atoms with Gasteiger partial charge in [0, 0.05) is 48.9 Å². The number of nitrogens with one attached hydrogen (secondary N) is 1. The third-order valence-corrected chi connectivity index (χ3v) is 5.56. The monoisotopic (exact) mass is 413 g/mol. The number of terminal acetylenes is 1. The van der Waals surface area contributed by atoms with Gasteiger partial charge in [0.25, 0.3) is 0 Å². The highest BCUT2D eigenvalue weighted by Crippen LogP contribution is 2.35. The van der Waals surface area contributed by atoms with Crippen LogP contribution in [0.5, 0.6) is 6.01 Å². The molecule has 0 saturated carbocycles. The number of benzene rings is 2. The van der Waals surface area contributed by atoms with E-state index in [1.54, 1.807) is 6.20 Å². The first-order valence-electron chi connectivity index (χ1n) is 10.1. The fourth-order valence-corrected chi connectivity index (χ4v) is 4.08. The first-order chi connectivity index (χ1) is 15.2. The van der Waals surface area contributed by atoms with Crippen molar-refractivity contribution in [1.82, 2.24) is 20.3 Å². The lowest BCUT2D eigenvalue weighted by Gasteiger charge is -2.29. The van der Waals surface area contributed by atoms with Crippen molar-refractivity contribution in [3.05, 3.63) is 54.0 Å². The molecule has 6 nitrogen and oxygen atoms in total. The number of anilines is 1. The van der Waals surface area contributed by atoms with Crippen LogP contribution < -0.4 is 15.0 Å². The van der Waals surface area contributed by atoms with E-state index in [2.05, 4.69) is 31.1 Å². The zero-order chi connectivity index (χ0) is 21.4. The van der Waals surface area contributed by atoms with Gasteiger partial charge in [-0.05, 0) is 11.5 Å². The number of halogens is 1. The van der Waals surface area contributed by atoms with E-state index >= 15 is 4.39 Å². The Hall–Kier alpha value is -3.76. The van der Waals surface area contributed by atoms with Crippen LogP contribution in [0, 0.1) is 18.2 Å². The molecule has 31 heavy (non-hydrogen) atoms. The molecule has 3 heterocycles. The summed E-state index contributed by atoms with van der Waals surface area (Å²) in [7, 11) is 1.48. The molecular formula is C24H20FN5O. The maximum absolute atomic E-state index is 15.9. The van der Waals surface area contributed by atoms with E-state index < -0.39 is 5.82 Å². The molecule has 154 valence electrons. The van der Waals surface area contributed by atoms with Crippen LogP contribution in [-0.2, 0) is 0 Å². The molecule has 1 fully saturated rings. The minimum Gasteiger partial charge on any atom is -0.467 e. The van der Waals surface area contributed by atoms with Gasteiger partial charge < -0.3 is 15.0 Å². The smallest absolute Gasteiger partial charge is 0.318 e. The fourth-order valence-electron chi connectivity index (χ4n) is 4.08. The lowest BCUT2D eigenvalue weighted by molar-refractivity contribution is 0.381. The number of hydrogen-bond acceptors (Lipinski definition) is 6. The molecule has 0 aliphatic carbocycles. The van der Waals surface area contributed by atoms with Crippen molar-refractivity contribution < 1.29 is 9.13 Å². The predicted octanol–water partition coefficient (Wildman–Crippen LogP) is 3.38. The third kappa shape index (κ3) is 3.22. The molecule has 7 heteroatoms. The van der Waals surface area contributed by atoms with Crippen LogP contribution in [-0.4, -0.2) is 48.2 Å². The second-order valence-corrected chi connectivity index (χ2v) is 7.31. The molecule has 0 bridgehead atoms. The normalized spacial score (nSPS) is 14.0. The van der Waals surface area contributed by atoms with E-state index in [9.17, 15) is 0 Å². The van der Waals surface area contributed by atoms with E-state index in [4.69, 9.17) is 11.2 Å². The Morgan fingerprint density at radius 2 is 1.90 bits per heavy atom. The van der Waals surface area contributed by atoms with Crippen LogP contribution in [0.4, 0.5) is 10.2 Å². The summed E-state index contributed by atoms with van der Waals surface area (Å²) in [6.45, 7) is 3.17. The standard InChI is InChI=1S/C24H20FN5O/c1-3-15-6-4-7-16-8-5-9-17(19(15)16)21-20(25)22-18(14-27-21)23(29-24(28-22)31-2)30-12-10-26-11-13-30/h1,4-9,14,26H,10-13H2,2H3. The molecule has 0 amide bonds. The SMILES string of the molecule is C#Cc1cccc2cccc(-c3ncc4c(N5CCNCC5)nc(OC)nc4c3F)c12. The number of fused-ring (bicyclic) bond motifs is 2. The summed E-state index contributed by atoms with van der Waals surface area (Å²) in [5, 5.41) is 5.59. The summed E-state index contributed by atoms with van der Waals surface area (Å²) in [6, 6.07) is 11.5. The summed E-state index contributed by atoms with van der Waals surface area (Å²) in [4.78, 5) is 15.4. The first kappa shape index (κ1) is 19.2. The lowest BCUT2D eigenvalue weighted by atomic mass is 9.97. The van der Waals surface area contributed by atoms with Gasteiger partial charge in [-0.15, -0.1) is 6.42 Å². The zero-order valence-electron chi connectivity index (χ0n) is 17.0. The van der Waals surface area contributed by atoms with Gasteiger partial charge in [0.15, 0.2) is 5.82 Å². The van der Waals surface area contributed by atoms with Gasteiger partial charge in [-0.1, -0.05) is 36.3 Å². The van der Waals surface area contributed by atoms with E-state index in [-0.39, 0.29) is 17.2 Å². The van der Waals surface area contributed by atoms with Crippen LogP contribution in [0.1, 0.15) is 5.56 Å². The highest BCUT2D eigenvalue weighted by atomic mass is 19.1. The molecule has 0 spiro atoms. The van der Waals surface area contributed by atoms with Crippen LogP contribution in [0.15, 0.2) is 42.6 Å². The average Bonchev–Trinajstić information content (AvgIpc) is 2.83. The summed E-state index contributed by atoms with van der Waals surface area (Å²) >= 11 is 0. The van der Waals surface area contributed by atoms with E-state index in [1.165, 1.54) is 7.11 Å². The summed E-state index contributed by atoms with van der Waals surface area (Å²) < 4.78 is 21.2. The van der Waals surface area contributed by atoms with Gasteiger partial charge >= 0.3 is 6.01 Å². The molecule has 0 unspecified atom stereocenters. The fraction of sp³-hybridized carbons (Fsp3) is 0.208. The quantitative estimate of drug-likeness (QED) is 0.520. The summed E-state index contributed by atoms with van der Waals surface area (Å²) in [5.41, 5.74) is 1.70. The highest BCUT2D eigenvalue weighted by Gasteiger charge is 2.22. The largest absolute Gasteiger partial charge is 0.467 e. The lowest BCUT2D eigenvalue weighted by Crippen LogP contribution is -2.44. The number of methoxy groups -OCH3 is 1. The average molecular weight is 413 g/mol. The molecule has 1 aliphatic heterocycles. The molecule has 0 radical (unpaired) electrons. The Balaban J connectivity index is 1.77. The molecule has 1 N–H and O–H groups in total. The molecule has 1 saturated heterocycles. The Morgan fingerprint density at radius 3 is 2.65 bits per heavy atom. The van der Waals surface area contributed by atoms with Crippen molar-refractivity contribution in [2.24, 2.45) is 0 Å². The topological polar surface area (TPSA) is 63.2 Å². The van der Waals surface area contributed by atoms with Crippen LogP contribution in [0.2, 0.25) is 0 Å². The molecular weight excluding hydrogens is 393 g/mol. The molecule has 2 aromatic heterocycles. The number of pyridine rings is 1. The van der Waals surface area contributed by atoms with E-state index in [1.807, 2.05) is 36.4 Å². The maximum atomic E-state index is 15.9. The van der Waals surface area contributed by atoms with Gasteiger partial charge in [0.1, 0.15) is 17.0 Å². The molecule has 5 rings (SSSR count). The number of aromatic nitrogens is 3. The summed E-state index contributed by atoms with van der Waals surface area (Å²) in [5.74, 6) is 2.81. The van der Waals surface area contributed by atoms with Crippen molar-refractivity contribution in [2.45, 2.75) is 0 Å². The minimum absolute atomic E-state index is 0.124. The van der Waals surface area contributed by atoms with Crippen LogP contribution in [0.25, 0.3) is 32.9 Å². The number of piperazine rings is 1. The van der Waals surface area contributed by atoms with E-state index in [0.29, 0.717) is 22.3 Å². The Morgan fingerprint density at radius 1 is 1.13 bits per heavy atom. The third-order valence-electron chi connectivity index (χ3n) is 5.56. The zero-order valence-corrected chi connectivity index (χ0v) is 17.0. The number of nitrogens with zero attached hydrogens (tertiary/aromatic N) is 4. The van der Waals surface area contributed by atoms with Crippen LogP contribution >= 0.6 is 0 Å². The Labute approximate surface area is 179 Å². The van der Waals surface area contributed by atoms with Crippen molar-refractivity contribution in [1.29, 1.82) is 0 Å². The number of rotatable bonds is 3. The number of ether oxygens (including phenoxy) is 1. The van der Waals surface area contributed by atoms with Gasteiger partial charge in [-0.3, -0.25) is 4.98 Å². The molecule has 0 atom stereocenters. The van der Waals surface area contributed by atoms with Gasteiger partial charge in [0.2, 0.25) is 0 Å². The van der Waals surface area contributed by atoms with Gasteiger partial charge in [-0.25, -0.2) is 4.39 Å². The second kappa shape index (κ2) is 7.82. The van der Waals surface area contributed by atoms with Crippen molar-refractivity contribution in [3.8, 4) is 29.6 Å². The minimum atomic E-state index is -0.520. The summed E-state index contributed by atoms with van der Waals surface area (Å²) in [6.07, 6.45) is 7.36. The van der Waals surface area contributed by atoms with Crippen LogP contribution in [0.3, 0.4) is 0 Å². The Kier molecular flexibility index (Phi) is 4.85. The molecule has 4 aromatic rings. The molecule has 1 aliphatic rings. The first-order valence-corrected chi connectivity index (χ1v) is 10.1.